The maximum absolute atomic E-state index is 12.7. The van der Waals surface area contributed by atoms with E-state index in [2.05, 4.69) is 27.9 Å². The Morgan fingerprint density at radius 3 is 2.60 bits per heavy atom. The van der Waals surface area contributed by atoms with Gasteiger partial charge in [0.1, 0.15) is 5.69 Å². The van der Waals surface area contributed by atoms with Crippen molar-refractivity contribution in [3.63, 3.8) is 0 Å². The zero-order valence-corrected chi connectivity index (χ0v) is 15.4. The van der Waals surface area contributed by atoms with Crippen LogP contribution in [0.3, 0.4) is 0 Å². The van der Waals surface area contributed by atoms with Crippen LogP contribution in [-0.4, -0.2) is 28.8 Å². The van der Waals surface area contributed by atoms with E-state index in [-0.39, 0.29) is 11.9 Å². The molecule has 1 aliphatic rings. The lowest BCUT2D eigenvalue weighted by Crippen LogP contribution is -2.32. The number of rotatable bonds is 5. The van der Waals surface area contributed by atoms with Gasteiger partial charge in [-0.1, -0.05) is 12.1 Å². The average Bonchev–Trinajstić information content (AvgIpc) is 3.43. The van der Waals surface area contributed by atoms with Crippen molar-refractivity contribution in [1.82, 2.24) is 20.4 Å². The van der Waals surface area contributed by atoms with Gasteiger partial charge in [-0.05, 0) is 48.3 Å². The number of piperidine rings is 1. The van der Waals surface area contributed by atoms with Crippen LogP contribution in [0, 0.1) is 0 Å². The number of thiophene rings is 2. The molecule has 1 aliphatic heterocycles. The number of carbonyl (C=O) groups is 1. The van der Waals surface area contributed by atoms with Gasteiger partial charge < -0.3 is 10.6 Å². The molecule has 3 aromatic rings. The highest BCUT2D eigenvalue weighted by molar-refractivity contribution is 7.11. The second kappa shape index (κ2) is 7.51. The smallest absolute Gasteiger partial charge is 0.272 e. The van der Waals surface area contributed by atoms with Crippen LogP contribution in [0.4, 0.5) is 0 Å². The first-order valence-electron chi connectivity index (χ1n) is 8.45. The molecule has 1 amide bonds. The van der Waals surface area contributed by atoms with E-state index in [1.165, 1.54) is 0 Å². The maximum Gasteiger partial charge on any atom is 0.272 e. The summed E-state index contributed by atoms with van der Waals surface area (Å²) in [5.41, 5.74) is 0.476. The first-order chi connectivity index (χ1) is 12.3. The van der Waals surface area contributed by atoms with Crippen molar-refractivity contribution < 1.29 is 4.79 Å². The summed E-state index contributed by atoms with van der Waals surface area (Å²) in [6.45, 7) is 1.98. The third kappa shape index (κ3) is 3.68. The first-order valence-corrected chi connectivity index (χ1v) is 10.2. The van der Waals surface area contributed by atoms with E-state index < -0.39 is 0 Å². The average molecular weight is 373 g/mol. The summed E-state index contributed by atoms with van der Waals surface area (Å²) in [4.78, 5) is 15.0. The molecule has 0 spiro atoms. The third-order valence-electron chi connectivity index (χ3n) is 4.42. The third-order valence-corrected chi connectivity index (χ3v) is 6.29. The summed E-state index contributed by atoms with van der Waals surface area (Å²) in [5.74, 6) is -0.130. The Hall–Kier alpha value is -1.96. The predicted octanol–water partition coefficient (Wildman–Crippen LogP) is 3.45. The first kappa shape index (κ1) is 16.5. The molecule has 1 fully saturated rings. The second-order valence-corrected chi connectivity index (χ2v) is 8.08. The van der Waals surface area contributed by atoms with E-state index in [1.54, 1.807) is 22.7 Å². The molecule has 5 nitrogen and oxygen atoms in total. The molecule has 7 heteroatoms. The fourth-order valence-electron chi connectivity index (χ4n) is 3.12. The molecule has 4 heterocycles. The van der Waals surface area contributed by atoms with Crippen LogP contribution in [0.5, 0.6) is 0 Å². The summed E-state index contributed by atoms with van der Waals surface area (Å²) < 4.78 is 1.92. The minimum atomic E-state index is -0.130. The molecule has 0 bridgehead atoms. The highest BCUT2D eigenvalue weighted by Crippen LogP contribution is 2.29. The van der Waals surface area contributed by atoms with Gasteiger partial charge >= 0.3 is 0 Å². The Bertz CT molecular complexity index is 770. The fraction of sp³-hybridized carbons (Fsp3) is 0.333. The Kier molecular flexibility index (Phi) is 4.96. The van der Waals surface area contributed by atoms with Crippen LogP contribution in [0.1, 0.15) is 45.2 Å². The largest absolute Gasteiger partial charge is 0.338 e. The van der Waals surface area contributed by atoms with Crippen molar-refractivity contribution in [2.75, 3.05) is 13.1 Å². The quantitative estimate of drug-likeness (QED) is 0.721. The van der Waals surface area contributed by atoms with Crippen LogP contribution in [0.15, 0.2) is 47.3 Å². The molecular weight excluding hydrogens is 352 g/mol. The number of carbonyl (C=O) groups excluding carboxylic acids is 1. The Labute approximate surface area is 154 Å². The van der Waals surface area contributed by atoms with Crippen molar-refractivity contribution in [2.45, 2.75) is 24.9 Å². The summed E-state index contributed by atoms with van der Waals surface area (Å²) in [5, 5.41) is 15.1. The van der Waals surface area contributed by atoms with Gasteiger partial charge in [-0.2, -0.15) is 5.10 Å². The summed E-state index contributed by atoms with van der Waals surface area (Å²) in [7, 11) is 0. The second-order valence-electron chi connectivity index (χ2n) is 6.12. The van der Waals surface area contributed by atoms with Gasteiger partial charge in [0.25, 0.3) is 5.91 Å². The van der Waals surface area contributed by atoms with E-state index in [0.717, 1.165) is 35.7 Å². The molecule has 3 aromatic heterocycles. The normalized spacial score (nSPS) is 17.7. The fourth-order valence-corrected chi connectivity index (χ4v) is 4.78. The Balaban J connectivity index is 1.51. The zero-order chi connectivity index (χ0) is 17.1. The lowest BCUT2D eigenvalue weighted by molar-refractivity contribution is 0.0937. The molecule has 0 radical (unpaired) electrons. The van der Waals surface area contributed by atoms with Gasteiger partial charge in [0.2, 0.25) is 0 Å². The number of amides is 1. The van der Waals surface area contributed by atoms with E-state index in [1.807, 2.05) is 39.8 Å². The zero-order valence-electron chi connectivity index (χ0n) is 13.7. The van der Waals surface area contributed by atoms with Gasteiger partial charge in [0.05, 0.1) is 12.1 Å². The molecule has 130 valence electrons. The van der Waals surface area contributed by atoms with E-state index in [9.17, 15) is 4.79 Å². The van der Waals surface area contributed by atoms with Gasteiger partial charge in [-0.25, -0.2) is 0 Å². The highest BCUT2D eigenvalue weighted by atomic mass is 32.1. The van der Waals surface area contributed by atoms with Crippen molar-refractivity contribution in [2.24, 2.45) is 0 Å². The monoisotopic (exact) mass is 372 g/mol. The van der Waals surface area contributed by atoms with Crippen LogP contribution < -0.4 is 10.6 Å². The summed E-state index contributed by atoms with van der Waals surface area (Å²) in [6.07, 6.45) is 4.16. The summed E-state index contributed by atoms with van der Waals surface area (Å²) in [6, 6.07) is 10.2. The van der Waals surface area contributed by atoms with Crippen LogP contribution in [0.2, 0.25) is 0 Å². The Morgan fingerprint density at radius 1 is 1.24 bits per heavy atom. The molecule has 0 aromatic carbocycles. The molecule has 1 atom stereocenters. The number of hydrogen-bond donors (Lipinski definition) is 2. The van der Waals surface area contributed by atoms with Crippen molar-refractivity contribution in [3.05, 3.63) is 62.7 Å². The molecular formula is C18H20N4OS2. The van der Waals surface area contributed by atoms with Gasteiger partial charge in [0.15, 0.2) is 0 Å². The van der Waals surface area contributed by atoms with Gasteiger partial charge in [0, 0.05) is 22.5 Å². The molecule has 0 aliphatic carbocycles. The topological polar surface area (TPSA) is 59.0 Å². The van der Waals surface area contributed by atoms with E-state index >= 15 is 0 Å². The molecule has 0 saturated carbocycles. The van der Waals surface area contributed by atoms with Gasteiger partial charge in [-0.15, -0.1) is 22.7 Å². The molecule has 25 heavy (non-hydrogen) atoms. The van der Waals surface area contributed by atoms with Crippen LogP contribution >= 0.6 is 22.7 Å². The SMILES string of the molecule is O=C(NC(c1cccs1)c1cccs1)c1ccn(C2CCCNC2)n1. The number of aromatic nitrogens is 2. The predicted molar refractivity (Wildman–Crippen MR) is 101 cm³/mol. The van der Waals surface area contributed by atoms with Crippen molar-refractivity contribution >= 4 is 28.6 Å². The summed E-state index contributed by atoms with van der Waals surface area (Å²) >= 11 is 3.30. The molecule has 1 unspecified atom stereocenters. The lowest BCUT2D eigenvalue weighted by Gasteiger charge is -2.23. The van der Waals surface area contributed by atoms with Crippen molar-refractivity contribution in [1.29, 1.82) is 0 Å². The van der Waals surface area contributed by atoms with Crippen LogP contribution in [-0.2, 0) is 0 Å². The minimum absolute atomic E-state index is 0.117. The lowest BCUT2D eigenvalue weighted by atomic mass is 10.1. The number of nitrogens with zero attached hydrogens (tertiary/aromatic N) is 2. The minimum Gasteiger partial charge on any atom is -0.338 e. The number of nitrogens with one attached hydrogen (secondary N) is 2. The number of hydrogen-bond acceptors (Lipinski definition) is 5. The van der Waals surface area contributed by atoms with Crippen molar-refractivity contribution in [3.8, 4) is 0 Å². The molecule has 4 rings (SSSR count). The molecule has 1 saturated heterocycles. The Morgan fingerprint density at radius 2 is 2.00 bits per heavy atom. The van der Waals surface area contributed by atoms with Crippen LogP contribution in [0.25, 0.3) is 0 Å². The molecule has 2 N–H and O–H groups in total. The van der Waals surface area contributed by atoms with Gasteiger partial charge in [-0.3, -0.25) is 9.48 Å². The maximum atomic E-state index is 12.7. The highest BCUT2D eigenvalue weighted by Gasteiger charge is 2.22. The van der Waals surface area contributed by atoms with E-state index in [0.29, 0.717) is 11.7 Å². The standard InChI is InChI=1S/C18H20N4OS2/c23-18(14-7-9-22(21-14)13-4-1-8-19-12-13)20-17(15-5-2-10-24-15)16-6-3-11-25-16/h2-3,5-7,9-11,13,17,19H,1,4,8,12H2,(H,20,23). The van der Waals surface area contributed by atoms with E-state index in [4.69, 9.17) is 0 Å².